The van der Waals surface area contributed by atoms with E-state index in [4.69, 9.17) is 26.1 Å². The molecule has 2 aromatic heterocycles. The van der Waals surface area contributed by atoms with Crippen molar-refractivity contribution in [2.45, 2.75) is 18.6 Å². The monoisotopic (exact) mass is 516 g/mol. The molecule has 0 radical (unpaired) electrons. The molecule has 2 aromatic carbocycles. The predicted octanol–water partition coefficient (Wildman–Crippen LogP) is 5.44. The zero-order chi connectivity index (χ0) is 25.9. The molecule has 10 heteroatoms. The Bertz CT molecular complexity index is 1420. The summed E-state index contributed by atoms with van der Waals surface area (Å²) in [5, 5.41) is 15.2. The number of pyridine rings is 1. The summed E-state index contributed by atoms with van der Waals surface area (Å²) in [6.07, 6.45) is 1.75. The van der Waals surface area contributed by atoms with E-state index in [0.717, 1.165) is 17.0 Å². The fraction of sp³-hybridized carbons (Fsp3) is 0.185. The van der Waals surface area contributed by atoms with Crippen LogP contribution in [0, 0.1) is 10.1 Å². The lowest BCUT2D eigenvalue weighted by Gasteiger charge is -2.26. The molecule has 5 rings (SSSR count). The third-order valence-corrected chi connectivity index (χ3v) is 6.64. The summed E-state index contributed by atoms with van der Waals surface area (Å²) < 4.78 is 17.1. The Balaban J connectivity index is 1.53. The number of non-ortho nitro benzene ring substituents is 1. The van der Waals surface area contributed by atoms with Crippen LogP contribution in [0.4, 0.5) is 5.69 Å². The SMILES string of the molecule is COc1ccc(CN2C(=S)NC(c3ccccn3)C2c2ccc(-c3ccc([N+](=O)[O-])cc3OC)o2)cc1. The molecule has 1 fully saturated rings. The van der Waals surface area contributed by atoms with Gasteiger partial charge in [-0.25, -0.2) is 0 Å². The van der Waals surface area contributed by atoms with Crippen molar-refractivity contribution in [1.29, 1.82) is 0 Å². The molecule has 37 heavy (non-hydrogen) atoms. The van der Waals surface area contributed by atoms with Crippen LogP contribution in [0.15, 0.2) is 83.4 Å². The number of nitrogens with zero attached hydrogens (tertiary/aromatic N) is 3. The quantitative estimate of drug-likeness (QED) is 0.186. The lowest BCUT2D eigenvalue weighted by atomic mass is 10.0. The Hall–Kier alpha value is -4.44. The van der Waals surface area contributed by atoms with Crippen LogP contribution in [-0.2, 0) is 6.54 Å². The number of rotatable bonds is 8. The van der Waals surface area contributed by atoms with Gasteiger partial charge in [0.2, 0.25) is 0 Å². The molecule has 4 aromatic rings. The first-order chi connectivity index (χ1) is 18.0. The van der Waals surface area contributed by atoms with Crippen molar-refractivity contribution in [3.8, 4) is 22.8 Å². The number of methoxy groups -OCH3 is 2. The third kappa shape index (κ3) is 4.83. The lowest BCUT2D eigenvalue weighted by molar-refractivity contribution is -0.384. The van der Waals surface area contributed by atoms with E-state index in [1.54, 1.807) is 19.4 Å². The van der Waals surface area contributed by atoms with Crippen LogP contribution < -0.4 is 14.8 Å². The minimum absolute atomic E-state index is 0.0568. The van der Waals surface area contributed by atoms with Gasteiger partial charge in [0.15, 0.2) is 5.11 Å². The van der Waals surface area contributed by atoms with E-state index in [1.807, 2.05) is 54.6 Å². The largest absolute Gasteiger partial charge is 0.497 e. The van der Waals surface area contributed by atoms with E-state index in [0.29, 0.717) is 34.5 Å². The molecule has 1 aliphatic rings. The number of nitro groups is 1. The molecule has 0 bridgehead atoms. The molecule has 2 unspecified atom stereocenters. The summed E-state index contributed by atoms with van der Waals surface area (Å²) in [5.74, 6) is 2.34. The predicted molar refractivity (Wildman–Crippen MR) is 141 cm³/mol. The highest BCUT2D eigenvalue weighted by Gasteiger charge is 2.41. The van der Waals surface area contributed by atoms with Crippen LogP contribution in [0.3, 0.4) is 0 Å². The Labute approximate surface area is 218 Å². The summed E-state index contributed by atoms with van der Waals surface area (Å²) in [6, 6.07) is 21.2. The van der Waals surface area contributed by atoms with Crippen LogP contribution in [0.25, 0.3) is 11.3 Å². The van der Waals surface area contributed by atoms with Crippen LogP contribution in [0.1, 0.15) is 29.1 Å². The van der Waals surface area contributed by atoms with E-state index >= 15 is 0 Å². The maximum absolute atomic E-state index is 11.2. The molecule has 0 saturated carbocycles. The molecule has 1 saturated heterocycles. The molecular weight excluding hydrogens is 492 g/mol. The molecule has 2 atom stereocenters. The van der Waals surface area contributed by atoms with Crippen LogP contribution in [-0.4, -0.2) is 34.1 Å². The highest BCUT2D eigenvalue weighted by Crippen LogP contribution is 2.42. The van der Waals surface area contributed by atoms with E-state index in [9.17, 15) is 10.1 Å². The van der Waals surface area contributed by atoms with Gasteiger partial charge in [0.25, 0.3) is 5.69 Å². The normalized spacial score (nSPS) is 16.9. The van der Waals surface area contributed by atoms with Gasteiger partial charge in [-0.1, -0.05) is 18.2 Å². The number of hydrogen-bond acceptors (Lipinski definition) is 7. The molecule has 0 aliphatic carbocycles. The summed E-state index contributed by atoms with van der Waals surface area (Å²) in [7, 11) is 3.11. The van der Waals surface area contributed by atoms with Crippen LogP contribution in [0.2, 0.25) is 0 Å². The van der Waals surface area contributed by atoms with Gasteiger partial charge >= 0.3 is 0 Å². The number of nitrogens with one attached hydrogen (secondary N) is 1. The second-order valence-corrected chi connectivity index (χ2v) is 8.83. The molecule has 1 N–H and O–H groups in total. The first-order valence-electron chi connectivity index (χ1n) is 11.5. The van der Waals surface area contributed by atoms with Crippen molar-refractivity contribution in [3.05, 3.63) is 106 Å². The van der Waals surface area contributed by atoms with Crippen molar-refractivity contribution in [1.82, 2.24) is 15.2 Å². The second kappa shape index (κ2) is 10.3. The zero-order valence-electron chi connectivity index (χ0n) is 20.2. The molecule has 0 spiro atoms. The van der Waals surface area contributed by atoms with Crippen molar-refractivity contribution < 1.29 is 18.8 Å². The number of aromatic nitrogens is 1. The Morgan fingerprint density at radius 2 is 1.89 bits per heavy atom. The summed E-state index contributed by atoms with van der Waals surface area (Å²) in [5.41, 5.74) is 2.45. The van der Waals surface area contributed by atoms with Crippen molar-refractivity contribution in [3.63, 3.8) is 0 Å². The first kappa shape index (κ1) is 24.3. The molecular formula is C27H24N4O5S. The summed E-state index contributed by atoms with van der Waals surface area (Å²) in [4.78, 5) is 17.4. The van der Waals surface area contributed by atoms with Crippen LogP contribution in [0.5, 0.6) is 11.5 Å². The average molecular weight is 517 g/mol. The van der Waals surface area contributed by atoms with Gasteiger partial charge < -0.3 is 24.1 Å². The van der Waals surface area contributed by atoms with E-state index < -0.39 is 4.92 Å². The minimum Gasteiger partial charge on any atom is -0.497 e. The average Bonchev–Trinajstić information content (AvgIpc) is 3.54. The highest BCUT2D eigenvalue weighted by molar-refractivity contribution is 7.80. The fourth-order valence-electron chi connectivity index (χ4n) is 4.47. The molecule has 1 aliphatic heterocycles. The topological polar surface area (TPSA) is 103 Å². The van der Waals surface area contributed by atoms with Gasteiger partial charge in [-0.2, -0.15) is 0 Å². The van der Waals surface area contributed by atoms with Crippen LogP contribution >= 0.6 is 12.2 Å². The third-order valence-electron chi connectivity index (χ3n) is 6.29. The van der Waals surface area contributed by atoms with Gasteiger partial charge in [0, 0.05) is 18.8 Å². The number of benzene rings is 2. The van der Waals surface area contributed by atoms with Gasteiger partial charge in [-0.3, -0.25) is 15.1 Å². The van der Waals surface area contributed by atoms with Gasteiger partial charge in [-0.15, -0.1) is 0 Å². The maximum Gasteiger partial charge on any atom is 0.273 e. The Kier molecular flexibility index (Phi) is 6.74. The second-order valence-electron chi connectivity index (χ2n) is 8.45. The lowest BCUT2D eigenvalue weighted by Crippen LogP contribution is -2.29. The highest BCUT2D eigenvalue weighted by atomic mass is 32.1. The van der Waals surface area contributed by atoms with Crippen molar-refractivity contribution >= 4 is 23.0 Å². The standard InChI is InChI=1S/C27H24N4O5S/c1-34-19-9-6-17(7-10-19)16-30-26(25(29-27(30)37)21-5-3-4-14-28-21)23-13-12-22(36-23)20-11-8-18(31(32)33)15-24(20)35-2/h3-15,25-26H,16H2,1-2H3,(H,29,37). The van der Waals surface area contributed by atoms with Crippen molar-refractivity contribution in [2.75, 3.05) is 14.2 Å². The Morgan fingerprint density at radius 1 is 1.08 bits per heavy atom. The minimum atomic E-state index is -0.459. The first-order valence-corrected chi connectivity index (χ1v) is 11.9. The van der Waals surface area contributed by atoms with Crippen molar-refractivity contribution in [2.24, 2.45) is 0 Å². The zero-order valence-corrected chi connectivity index (χ0v) is 21.0. The van der Waals surface area contributed by atoms with E-state index in [2.05, 4.69) is 15.2 Å². The summed E-state index contributed by atoms with van der Waals surface area (Å²) >= 11 is 5.76. The number of nitro benzene ring substituents is 1. The number of ether oxygens (including phenoxy) is 2. The molecule has 188 valence electrons. The van der Waals surface area contributed by atoms with E-state index in [-0.39, 0.29) is 17.8 Å². The number of hydrogen-bond donors (Lipinski definition) is 1. The molecule has 9 nitrogen and oxygen atoms in total. The number of thiocarbonyl (C=S) groups is 1. The summed E-state index contributed by atoms with van der Waals surface area (Å²) in [6.45, 7) is 0.542. The Morgan fingerprint density at radius 3 is 2.57 bits per heavy atom. The van der Waals surface area contributed by atoms with Gasteiger partial charge in [-0.05, 0) is 60.2 Å². The van der Waals surface area contributed by atoms with Gasteiger partial charge in [0.1, 0.15) is 29.1 Å². The molecule has 0 amide bonds. The van der Waals surface area contributed by atoms with Gasteiger partial charge in [0.05, 0.1) is 42.5 Å². The molecule has 3 heterocycles. The number of furan rings is 1. The van der Waals surface area contributed by atoms with E-state index in [1.165, 1.54) is 19.2 Å². The smallest absolute Gasteiger partial charge is 0.273 e. The fourth-order valence-corrected chi connectivity index (χ4v) is 4.77. The maximum atomic E-state index is 11.2.